The molecular formula is C25H36. The van der Waals surface area contributed by atoms with Crippen LogP contribution >= 0.6 is 0 Å². The molecule has 2 aromatic rings. The van der Waals surface area contributed by atoms with E-state index in [4.69, 9.17) is 0 Å². The maximum absolute atomic E-state index is 2.46. The number of hydrogen-bond donors (Lipinski definition) is 0. The third-order valence-electron chi connectivity index (χ3n) is 7.20. The summed E-state index contributed by atoms with van der Waals surface area (Å²) in [5.41, 5.74) is 6.71. The quantitative estimate of drug-likeness (QED) is 0.465. The van der Waals surface area contributed by atoms with Crippen molar-refractivity contribution in [2.24, 2.45) is 10.8 Å². The fourth-order valence-corrected chi connectivity index (χ4v) is 5.18. The Morgan fingerprint density at radius 3 is 1.36 bits per heavy atom. The Labute approximate surface area is 155 Å². The van der Waals surface area contributed by atoms with E-state index in [2.05, 4.69) is 83.1 Å². The fraction of sp³-hybridized carbons (Fsp3) is 0.520. The van der Waals surface area contributed by atoms with Gasteiger partial charge in [-0.3, -0.25) is 0 Å². The van der Waals surface area contributed by atoms with Gasteiger partial charge in [0.15, 0.2) is 0 Å². The van der Waals surface area contributed by atoms with E-state index < -0.39 is 0 Å². The van der Waals surface area contributed by atoms with E-state index in [1.54, 1.807) is 11.1 Å². The first-order chi connectivity index (χ1) is 11.8. The number of hydrogen-bond acceptors (Lipinski definition) is 0. The van der Waals surface area contributed by atoms with Crippen LogP contribution in [0, 0.1) is 10.8 Å². The molecule has 0 atom stereocenters. The van der Waals surface area contributed by atoms with Crippen LogP contribution in [0.25, 0.3) is 0 Å². The monoisotopic (exact) mass is 336 g/mol. The lowest BCUT2D eigenvalue weighted by atomic mass is 9.37. The first-order valence-electron chi connectivity index (χ1n) is 10.0. The van der Waals surface area contributed by atoms with Crippen LogP contribution in [0.2, 0.25) is 0 Å². The van der Waals surface area contributed by atoms with Gasteiger partial charge in [-0.1, -0.05) is 111 Å². The van der Waals surface area contributed by atoms with Crippen molar-refractivity contribution in [2.45, 2.75) is 73.6 Å². The summed E-state index contributed by atoms with van der Waals surface area (Å²) in [6.07, 6.45) is 0. The molecule has 0 heteroatoms. The van der Waals surface area contributed by atoms with E-state index in [0.29, 0.717) is 5.92 Å². The lowest BCUT2D eigenvalue weighted by Gasteiger charge is -2.66. The number of benzene rings is 2. The smallest absolute Gasteiger partial charge is 0.0237 e. The molecular weight excluding hydrogens is 300 g/mol. The SMILES string of the molecule is CC.CC.CC12c3ccccc3C(c3ccccc31)C(C)(C)C2(C)C. The molecule has 2 bridgehead atoms. The van der Waals surface area contributed by atoms with E-state index in [-0.39, 0.29) is 16.2 Å². The molecule has 0 saturated carbocycles. The van der Waals surface area contributed by atoms with Crippen LogP contribution in [0.3, 0.4) is 0 Å². The molecule has 25 heavy (non-hydrogen) atoms. The van der Waals surface area contributed by atoms with Crippen molar-refractivity contribution in [3.63, 3.8) is 0 Å². The highest BCUT2D eigenvalue weighted by atomic mass is 14.7. The van der Waals surface area contributed by atoms with Crippen molar-refractivity contribution in [3.05, 3.63) is 70.8 Å². The molecule has 0 spiro atoms. The van der Waals surface area contributed by atoms with Gasteiger partial charge in [0.05, 0.1) is 0 Å². The average Bonchev–Trinajstić information content (AvgIpc) is 2.64. The number of fused-ring (bicyclic) bond motifs is 1. The van der Waals surface area contributed by atoms with Gasteiger partial charge in [-0.15, -0.1) is 0 Å². The second-order valence-corrected chi connectivity index (χ2v) is 8.08. The molecule has 5 rings (SSSR count). The summed E-state index contributed by atoms with van der Waals surface area (Å²) >= 11 is 0. The zero-order valence-electron chi connectivity index (χ0n) is 17.7. The van der Waals surface area contributed by atoms with Gasteiger partial charge in [0.2, 0.25) is 0 Å². The van der Waals surface area contributed by atoms with Gasteiger partial charge in [-0.2, -0.15) is 0 Å². The molecule has 0 amide bonds. The molecule has 0 fully saturated rings. The Kier molecular flexibility index (Phi) is 5.24. The Morgan fingerprint density at radius 2 is 0.960 bits per heavy atom. The van der Waals surface area contributed by atoms with Crippen molar-refractivity contribution in [2.75, 3.05) is 0 Å². The Balaban J connectivity index is 0.000000528. The largest absolute Gasteiger partial charge is 0.0683 e. The van der Waals surface area contributed by atoms with Crippen molar-refractivity contribution >= 4 is 0 Å². The van der Waals surface area contributed by atoms with Gasteiger partial charge in [0.25, 0.3) is 0 Å². The highest BCUT2D eigenvalue weighted by Gasteiger charge is 2.64. The molecule has 0 aliphatic heterocycles. The van der Waals surface area contributed by atoms with Gasteiger partial charge >= 0.3 is 0 Å². The van der Waals surface area contributed by atoms with Crippen LogP contribution in [-0.2, 0) is 5.41 Å². The molecule has 0 unspecified atom stereocenters. The third kappa shape index (κ3) is 2.26. The minimum absolute atomic E-state index is 0.0818. The first-order valence-corrected chi connectivity index (χ1v) is 10.0. The Morgan fingerprint density at radius 1 is 0.600 bits per heavy atom. The summed E-state index contributed by atoms with van der Waals surface area (Å²) in [5.74, 6) is 0.502. The lowest BCUT2D eigenvalue weighted by Crippen LogP contribution is -2.60. The predicted octanol–water partition coefficient (Wildman–Crippen LogP) is 7.56. The van der Waals surface area contributed by atoms with Gasteiger partial charge in [0.1, 0.15) is 0 Å². The van der Waals surface area contributed by atoms with Crippen LogP contribution in [0.1, 0.15) is 90.5 Å². The average molecular weight is 337 g/mol. The third-order valence-corrected chi connectivity index (χ3v) is 7.20. The van der Waals surface area contributed by atoms with E-state index >= 15 is 0 Å². The van der Waals surface area contributed by atoms with Crippen LogP contribution in [-0.4, -0.2) is 0 Å². The van der Waals surface area contributed by atoms with E-state index in [9.17, 15) is 0 Å². The van der Waals surface area contributed by atoms with Crippen LogP contribution in [0.4, 0.5) is 0 Å². The topological polar surface area (TPSA) is 0 Å². The maximum atomic E-state index is 2.46. The highest BCUT2D eigenvalue weighted by Crippen LogP contribution is 2.71. The summed E-state index contributed by atoms with van der Waals surface area (Å²) in [4.78, 5) is 0. The Hall–Kier alpha value is -1.56. The van der Waals surface area contributed by atoms with Crippen molar-refractivity contribution in [1.29, 1.82) is 0 Å². The molecule has 3 aliphatic rings. The summed E-state index contributed by atoms with van der Waals surface area (Å²) in [6, 6.07) is 18.2. The van der Waals surface area contributed by atoms with Crippen molar-refractivity contribution < 1.29 is 0 Å². The molecule has 136 valence electrons. The van der Waals surface area contributed by atoms with Crippen LogP contribution < -0.4 is 0 Å². The molecule has 3 aliphatic carbocycles. The normalized spacial score (nSPS) is 26.2. The van der Waals surface area contributed by atoms with Gasteiger partial charge in [-0.05, 0) is 33.1 Å². The summed E-state index contributed by atoms with van der Waals surface area (Å²) in [6.45, 7) is 20.3. The second kappa shape index (κ2) is 6.63. The van der Waals surface area contributed by atoms with Gasteiger partial charge in [-0.25, -0.2) is 0 Å². The predicted molar refractivity (Wildman–Crippen MR) is 111 cm³/mol. The van der Waals surface area contributed by atoms with E-state index in [1.807, 2.05) is 27.7 Å². The molecule has 0 heterocycles. The molecule has 0 saturated heterocycles. The zero-order valence-corrected chi connectivity index (χ0v) is 17.7. The fourth-order valence-electron chi connectivity index (χ4n) is 5.18. The van der Waals surface area contributed by atoms with Gasteiger partial charge < -0.3 is 0 Å². The first kappa shape index (κ1) is 19.8. The molecule has 0 radical (unpaired) electrons. The standard InChI is InChI=1S/C21H24.2C2H6/c1-19(2)18-14-10-6-8-12-16(14)21(5,20(19,3)4)17-13-9-7-11-15(17)18;2*1-2/h6-13,18H,1-5H3;2*1-2H3. The van der Waals surface area contributed by atoms with Crippen LogP contribution in [0.5, 0.6) is 0 Å². The Bertz CT molecular complexity index is 686. The minimum Gasteiger partial charge on any atom is -0.0683 e. The summed E-state index contributed by atoms with van der Waals surface area (Å²) in [5, 5.41) is 0. The molecule has 0 N–H and O–H groups in total. The maximum Gasteiger partial charge on any atom is 0.0237 e. The molecule has 0 aromatic heterocycles. The summed E-state index contributed by atoms with van der Waals surface area (Å²) in [7, 11) is 0. The van der Waals surface area contributed by atoms with Crippen molar-refractivity contribution in [3.8, 4) is 0 Å². The lowest BCUT2D eigenvalue weighted by molar-refractivity contribution is -0.00539. The van der Waals surface area contributed by atoms with Crippen LogP contribution in [0.15, 0.2) is 48.5 Å². The van der Waals surface area contributed by atoms with Gasteiger partial charge in [0, 0.05) is 11.3 Å². The molecule has 0 nitrogen and oxygen atoms in total. The summed E-state index contributed by atoms with van der Waals surface area (Å²) < 4.78 is 0. The minimum atomic E-state index is 0.0818. The zero-order chi connectivity index (χ0) is 19.0. The molecule has 2 aromatic carbocycles. The van der Waals surface area contributed by atoms with E-state index in [1.165, 1.54) is 11.1 Å². The number of rotatable bonds is 0. The van der Waals surface area contributed by atoms with Crippen molar-refractivity contribution in [1.82, 2.24) is 0 Å². The second-order valence-electron chi connectivity index (χ2n) is 8.08. The highest BCUT2D eigenvalue weighted by molar-refractivity contribution is 5.62. The van der Waals surface area contributed by atoms with E-state index in [0.717, 1.165) is 0 Å².